The molecule has 1 unspecified atom stereocenters. The summed E-state index contributed by atoms with van der Waals surface area (Å²) in [5, 5.41) is 4.81. The molecule has 1 atom stereocenters. The fourth-order valence-electron chi connectivity index (χ4n) is 2.10. The Morgan fingerprint density at radius 1 is 1.24 bits per heavy atom. The molecule has 2 aromatic rings. The number of halogens is 1. The number of hydrogen-bond acceptors (Lipinski definition) is 3. The summed E-state index contributed by atoms with van der Waals surface area (Å²) < 4.78 is 1.12. The van der Waals surface area contributed by atoms with E-state index < -0.39 is 0 Å². The molecule has 2 rings (SSSR count). The lowest BCUT2D eigenvalue weighted by atomic mass is 9.98. The maximum absolute atomic E-state index is 4.74. The van der Waals surface area contributed by atoms with E-state index in [-0.39, 0.29) is 5.41 Å². The number of aromatic nitrogens is 1. The van der Waals surface area contributed by atoms with Crippen LogP contribution in [-0.2, 0) is 12.0 Å². The summed E-state index contributed by atoms with van der Waals surface area (Å²) in [5.41, 5.74) is 2.57. The highest BCUT2D eigenvalue weighted by Crippen LogP contribution is 2.32. The van der Waals surface area contributed by atoms with Gasteiger partial charge in [0, 0.05) is 27.4 Å². The second-order valence-electron chi connectivity index (χ2n) is 6.45. The van der Waals surface area contributed by atoms with Gasteiger partial charge in [-0.3, -0.25) is 0 Å². The summed E-state index contributed by atoms with van der Waals surface area (Å²) in [7, 11) is 0. The fraction of sp³-hybridized carbons (Fsp3) is 0.471. The predicted octanol–water partition coefficient (Wildman–Crippen LogP) is 5.36. The predicted molar refractivity (Wildman–Crippen MR) is 94.9 cm³/mol. The third-order valence-electron chi connectivity index (χ3n) is 3.39. The van der Waals surface area contributed by atoms with Crippen LogP contribution < -0.4 is 5.32 Å². The first-order chi connectivity index (χ1) is 9.77. The summed E-state index contributed by atoms with van der Waals surface area (Å²) >= 11 is 5.30. The smallest absolute Gasteiger partial charge is 0.0985 e. The van der Waals surface area contributed by atoms with E-state index >= 15 is 0 Å². The molecule has 0 fully saturated rings. The second-order valence-corrected chi connectivity index (χ2v) is 8.39. The Bertz CT molecular complexity index is 596. The lowest BCUT2D eigenvalue weighted by molar-refractivity contribution is 0.577. The van der Waals surface area contributed by atoms with Crippen LogP contribution in [0, 0.1) is 6.92 Å². The first kappa shape index (κ1) is 16.7. The summed E-state index contributed by atoms with van der Waals surface area (Å²) in [5.74, 6) is 0. The van der Waals surface area contributed by atoms with Gasteiger partial charge in [0.05, 0.1) is 10.7 Å². The standard InChI is InChI=1S/C17H23BrN2S/c1-11(19-10-13-6-8-14(18)9-7-13)15-12(2)20-16(21-15)17(3,4)5/h6-9,11,19H,10H2,1-5H3. The quantitative estimate of drug-likeness (QED) is 0.787. The zero-order valence-electron chi connectivity index (χ0n) is 13.3. The van der Waals surface area contributed by atoms with Crippen molar-refractivity contribution >= 4 is 27.3 Å². The van der Waals surface area contributed by atoms with Crippen molar-refractivity contribution in [1.82, 2.24) is 10.3 Å². The summed E-state index contributed by atoms with van der Waals surface area (Å²) in [6, 6.07) is 8.77. The third-order valence-corrected chi connectivity index (χ3v) is 5.69. The second kappa shape index (κ2) is 6.59. The lowest BCUT2D eigenvalue weighted by Gasteiger charge is -2.14. The molecule has 0 saturated heterocycles. The van der Waals surface area contributed by atoms with Gasteiger partial charge in [-0.15, -0.1) is 11.3 Å². The molecular formula is C17H23BrN2S. The van der Waals surface area contributed by atoms with E-state index in [0.717, 1.165) is 16.7 Å². The normalized spacial score (nSPS) is 13.4. The molecule has 0 amide bonds. The minimum atomic E-state index is 0.124. The molecule has 114 valence electrons. The number of nitrogens with one attached hydrogen (secondary N) is 1. The average Bonchev–Trinajstić information content (AvgIpc) is 2.80. The molecule has 0 spiro atoms. The number of benzene rings is 1. The molecule has 0 radical (unpaired) electrons. The third kappa shape index (κ3) is 4.38. The lowest BCUT2D eigenvalue weighted by Crippen LogP contribution is -2.17. The van der Waals surface area contributed by atoms with Gasteiger partial charge in [0.25, 0.3) is 0 Å². The van der Waals surface area contributed by atoms with E-state index in [1.54, 1.807) is 0 Å². The summed E-state index contributed by atoms with van der Waals surface area (Å²) in [6.07, 6.45) is 0. The first-order valence-electron chi connectivity index (χ1n) is 7.23. The number of thiazole rings is 1. The molecule has 4 heteroatoms. The van der Waals surface area contributed by atoms with Gasteiger partial charge in [-0.25, -0.2) is 4.98 Å². The van der Waals surface area contributed by atoms with Gasteiger partial charge < -0.3 is 5.32 Å². The van der Waals surface area contributed by atoms with Crippen molar-refractivity contribution in [3.63, 3.8) is 0 Å². The number of hydrogen-bond donors (Lipinski definition) is 1. The van der Waals surface area contributed by atoms with Crippen molar-refractivity contribution in [2.24, 2.45) is 0 Å². The van der Waals surface area contributed by atoms with Gasteiger partial charge in [0.1, 0.15) is 0 Å². The van der Waals surface area contributed by atoms with E-state index in [9.17, 15) is 0 Å². The van der Waals surface area contributed by atoms with Crippen LogP contribution in [0.3, 0.4) is 0 Å². The number of nitrogens with zero attached hydrogens (tertiary/aromatic N) is 1. The largest absolute Gasteiger partial charge is 0.305 e. The molecule has 1 N–H and O–H groups in total. The van der Waals surface area contributed by atoms with Crippen molar-refractivity contribution in [2.45, 2.75) is 52.6 Å². The van der Waals surface area contributed by atoms with Crippen LogP contribution in [0.4, 0.5) is 0 Å². The highest BCUT2D eigenvalue weighted by molar-refractivity contribution is 9.10. The van der Waals surface area contributed by atoms with Gasteiger partial charge in [-0.05, 0) is 31.5 Å². The molecule has 0 bridgehead atoms. The average molecular weight is 367 g/mol. The van der Waals surface area contributed by atoms with E-state index in [0.29, 0.717) is 6.04 Å². The Morgan fingerprint density at radius 3 is 2.38 bits per heavy atom. The summed E-state index contributed by atoms with van der Waals surface area (Å²) in [6.45, 7) is 11.8. The number of aryl methyl sites for hydroxylation is 1. The maximum Gasteiger partial charge on any atom is 0.0985 e. The Morgan fingerprint density at radius 2 is 1.86 bits per heavy atom. The SMILES string of the molecule is Cc1nc(C(C)(C)C)sc1C(C)NCc1ccc(Br)cc1. The van der Waals surface area contributed by atoms with E-state index in [1.165, 1.54) is 15.4 Å². The van der Waals surface area contributed by atoms with Crippen LogP contribution in [0.15, 0.2) is 28.7 Å². The van der Waals surface area contributed by atoms with Gasteiger partial charge >= 0.3 is 0 Å². The minimum absolute atomic E-state index is 0.124. The van der Waals surface area contributed by atoms with Crippen molar-refractivity contribution < 1.29 is 0 Å². The molecule has 1 heterocycles. The Hall–Kier alpha value is -0.710. The molecule has 1 aromatic carbocycles. The molecular weight excluding hydrogens is 344 g/mol. The zero-order chi connectivity index (χ0) is 15.6. The van der Waals surface area contributed by atoms with Crippen LogP contribution in [0.5, 0.6) is 0 Å². The van der Waals surface area contributed by atoms with Gasteiger partial charge in [0.15, 0.2) is 0 Å². The zero-order valence-corrected chi connectivity index (χ0v) is 15.7. The highest BCUT2D eigenvalue weighted by atomic mass is 79.9. The van der Waals surface area contributed by atoms with Crippen LogP contribution in [-0.4, -0.2) is 4.98 Å². The summed E-state index contributed by atoms with van der Waals surface area (Å²) in [4.78, 5) is 6.09. The Labute approximate surface area is 140 Å². The van der Waals surface area contributed by atoms with E-state index in [4.69, 9.17) is 4.98 Å². The van der Waals surface area contributed by atoms with Crippen LogP contribution in [0.1, 0.15) is 54.9 Å². The van der Waals surface area contributed by atoms with E-state index in [1.807, 2.05) is 11.3 Å². The van der Waals surface area contributed by atoms with Crippen molar-refractivity contribution in [2.75, 3.05) is 0 Å². The molecule has 21 heavy (non-hydrogen) atoms. The molecule has 1 aromatic heterocycles. The molecule has 0 aliphatic carbocycles. The monoisotopic (exact) mass is 366 g/mol. The molecule has 0 aliphatic heterocycles. The van der Waals surface area contributed by atoms with Crippen LogP contribution >= 0.6 is 27.3 Å². The Balaban J connectivity index is 2.05. The van der Waals surface area contributed by atoms with Crippen molar-refractivity contribution in [1.29, 1.82) is 0 Å². The number of rotatable bonds is 4. The Kier molecular flexibility index (Phi) is 5.23. The first-order valence-corrected chi connectivity index (χ1v) is 8.84. The van der Waals surface area contributed by atoms with Gasteiger partial charge in [-0.2, -0.15) is 0 Å². The van der Waals surface area contributed by atoms with E-state index in [2.05, 4.69) is 80.1 Å². The van der Waals surface area contributed by atoms with Crippen molar-refractivity contribution in [3.05, 3.63) is 49.9 Å². The maximum atomic E-state index is 4.74. The van der Waals surface area contributed by atoms with Gasteiger partial charge in [-0.1, -0.05) is 48.8 Å². The fourth-order valence-corrected chi connectivity index (χ4v) is 3.51. The highest BCUT2D eigenvalue weighted by Gasteiger charge is 2.22. The van der Waals surface area contributed by atoms with Crippen LogP contribution in [0.25, 0.3) is 0 Å². The molecule has 0 aliphatic rings. The molecule has 0 saturated carbocycles. The topological polar surface area (TPSA) is 24.9 Å². The molecule has 2 nitrogen and oxygen atoms in total. The van der Waals surface area contributed by atoms with Gasteiger partial charge in [0.2, 0.25) is 0 Å². The van der Waals surface area contributed by atoms with Crippen LogP contribution in [0.2, 0.25) is 0 Å². The minimum Gasteiger partial charge on any atom is -0.305 e. The van der Waals surface area contributed by atoms with Crippen molar-refractivity contribution in [3.8, 4) is 0 Å².